The molecule has 0 atom stereocenters. The van der Waals surface area contributed by atoms with Gasteiger partial charge in [0.05, 0.1) is 25.1 Å². The molecule has 1 fully saturated rings. The van der Waals surface area contributed by atoms with Crippen molar-refractivity contribution in [3.05, 3.63) is 40.5 Å². The highest BCUT2D eigenvalue weighted by Crippen LogP contribution is 2.40. The molecule has 1 aliphatic carbocycles. The number of aromatic amines is 1. The van der Waals surface area contributed by atoms with Crippen LogP contribution in [0.25, 0.3) is 22.4 Å². The van der Waals surface area contributed by atoms with E-state index >= 15 is 0 Å². The minimum absolute atomic E-state index is 0.0270. The van der Waals surface area contributed by atoms with Crippen molar-refractivity contribution in [1.29, 1.82) is 0 Å². The van der Waals surface area contributed by atoms with Gasteiger partial charge < -0.3 is 14.7 Å². The SMILES string of the molecule is O=C(c1nc2c(s1)CCOc1cc(-c3cn[nH]c3)ccc1-2)N(CCO)C1CCCCC1. The van der Waals surface area contributed by atoms with Crippen LogP contribution in [0.4, 0.5) is 0 Å². The lowest BCUT2D eigenvalue weighted by Gasteiger charge is -2.33. The summed E-state index contributed by atoms with van der Waals surface area (Å²) in [6.45, 7) is 0.885. The maximum atomic E-state index is 13.4. The van der Waals surface area contributed by atoms with E-state index in [4.69, 9.17) is 9.72 Å². The number of carbonyl (C=O) groups excluding carboxylic acids is 1. The Balaban J connectivity index is 1.47. The molecule has 0 radical (unpaired) electrons. The monoisotopic (exact) mass is 438 g/mol. The fourth-order valence-corrected chi connectivity index (χ4v) is 5.59. The second-order valence-electron chi connectivity index (χ2n) is 8.10. The number of benzene rings is 1. The molecule has 2 aliphatic rings. The van der Waals surface area contributed by atoms with Crippen molar-refractivity contribution in [2.45, 2.75) is 44.6 Å². The van der Waals surface area contributed by atoms with E-state index in [-0.39, 0.29) is 18.6 Å². The second-order valence-corrected chi connectivity index (χ2v) is 9.18. The van der Waals surface area contributed by atoms with Gasteiger partial charge in [-0.25, -0.2) is 4.98 Å². The van der Waals surface area contributed by atoms with E-state index in [0.29, 0.717) is 18.2 Å². The molecule has 8 heteroatoms. The van der Waals surface area contributed by atoms with Crippen LogP contribution in [0.3, 0.4) is 0 Å². The van der Waals surface area contributed by atoms with E-state index < -0.39 is 0 Å². The first kappa shape index (κ1) is 20.2. The lowest BCUT2D eigenvalue weighted by atomic mass is 9.94. The summed E-state index contributed by atoms with van der Waals surface area (Å²) in [5.41, 5.74) is 3.78. The molecule has 1 aromatic carbocycles. The van der Waals surface area contributed by atoms with Crippen LogP contribution in [-0.2, 0) is 6.42 Å². The van der Waals surface area contributed by atoms with Crippen molar-refractivity contribution in [2.24, 2.45) is 0 Å². The van der Waals surface area contributed by atoms with Gasteiger partial charge in [0.15, 0.2) is 5.01 Å². The van der Waals surface area contributed by atoms with Crippen LogP contribution in [0.1, 0.15) is 46.8 Å². The zero-order valence-electron chi connectivity index (χ0n) is 17.3. The topological polar surface area (TPSA) is 91.3 Å². The summed E-state index contributed by atoms with van der Waals surface area (Å²) in [7, 11) is 0. The van der Waals surface area contributed by atoms with Gasteiger partial charge >= 0.3 is 0 Å². The van der Waals surface area contributed by atoms with Gasteiger partial charge in [-0.3, -0.25) is 9.89 Å². The number of hydrogen-bond acceptors (Lipinski definition) is 6. The zero-order chi connectivity index (χ0) is 21.2. The Morgan fingerprint density at radius 2 is 2.13 bits per heavy atom. The van der Waals surface area contributed by atoms with E-state index in [1.54, 1.807) is 6.20 Å². The summed E-state index contributed by atoms with van der Waals surface area (Å²) in [5.74, 6) is 0.720. The number of aliphatic hydroxyl groups is 1. The Morgan fingerprint density at radius 1 is 1.26 bits per heavy atom. The molecule has 31 heavy (non-hydrogen) atoms. The number of rotatable bonds is 5. The Kier molecular flexibility index (Phi) is 5.74. The average Bonchev–Trinajstić information content (AvgIpc) is 3.45. The fraction of sp³-hybridized carbons (Fsp3) is 0.435. The number of nitrogens with one attached hydrogen (secondary N) is 1. The van der Waals surface area contributed by atoms with Crippen molar-refractivity contribution in [1.82, 2.24) is 20.1 Å². The molecule has 1 aliphatic heterocycles. The molecule has 3 aromatic rings. The molecule has 0 bridgehead atoms. The largest absolute Gasteiger partial charge is 0.492 e. The highest BCUT2D eigenvalue weighted by Gasteiger charge is 2.30. The molecule has 1 saturated carbocycles. The number of nitrogens with zero attached hydrogens (tertiary/aromatic N) is 3. The maximum Gasteiger partial charge on any atom is 0.283 e. The number of hydrogen-bond donors (Lipinski definition) is 2. The summed E-state index contributed by atoms with van der Waals surface area (Å²) in [6.07, 6.45) is 9.86. The van der Waals surface area contributed by atoms with Crippen LogP contribution in [-0.4, -0.2) is 56.9 Å². The van der Waals surface area contributed by atoms with Gasteiger partial charge in [-0.05, 0) is 30.5 Å². The van der Waals surface area contributed by atoms with Gasteiger partial charge in [0, 0.05) is 41.2 Å². The Morgan fingerprint density at radius 3 is 2.90 bits per heavy atom. The van der Waals surface area contributed by atoms with Gasteiger partial charge in [-0.15, -0.1) is 11.3 Å². The fourth-order valence-electron chi connectivity index (χ4n) is 4.58. The van der Waals surface area contributed by atoms with E-state index in [2.05, 4.69) is 10.2 Å². The summed E-state index contributed by atoms with van der Waals surface area (Å²) in [4.78, 5) is 21.1. The van der Waals surface area contributed by atoms with Gasteiger partial charge in [0.1, 0.15) is 5.75 Å². The first-order valence-electron chi connectivity index (χ1n) is 10.9. The molecule has 0 spiro atoms. The van der Waals surface area contributed by atoms with Crippen molar-refractivity contribution < 1.29 is 14.6 Å². The summed E-state index contributed by atoms with van der Waals surface area (Å²) in [5, 5.41) is 16.9. The molecule has 2 N–H and O–H groups in total. The van der Waals surface area contributed by atoms with Crippen molar-refractivity contribution >= 4 is 17.2 Å². The number of fused-ring (bicyclic) bond motifs is 3. The molecule has 3 heterocycles. The molecule has 2 aromatic heterocycles. The Hall–Kier alpha value is -2.71. The van der Waals surface area contributed by atoms with E-state index in [0.717, 1.165) is 65.1 Å². The second kappa shape index (κ2) is 8.80. The molecule has 162 valence electrons. The van der Waals surface area contributed by atoms with Gasteiger partial charge in [-0.1, -0.05) is 25.3 Å². The van der Waals surface area contributed by atoms with Crippen molar-refractivity contribution in [3.63, 3.8) is 0 Å². The molecular formula is C23H26N4O3S. The minimum atomic E-state index is -0.0588. The first-order valence-corrected chi connectivity index (χ1v) is 11.7. The van der Waals surface area contributed by atoms with Crippen LogP contribution in [0.2, 0.25) is 0 Å². The number of carbonyl (C=O) groups is 1. The highest BCUT2D eigenvalue weighted by atomic mass is 32.1. The summed E-state index contributed by atoms with van der Waals surface area (Å²) >= 11 is 1.46. The Bertz CT molecular complexity index is 1060. The van der Waals surface area contributed by atoms with Gasteiger partial charge in [-0.2, -0.15) is 5.10 Å². The number of amides is 1. The van der Waals surface area contributed by atoms with E-state index in [1.807, 2.05) is 29.3 Å². The molecule has 5 rings (SSSR count). The van der Waals surface area contributed by atoms with Gasteiger partial charge in [0.2, 0.25) is 0 Å². The molecule has 1 amide bonds. The van der Waals surface area contributed by atoms with Crippen molar-refractivity contribution in [2.75, 3.05) is 19.8 Å². The number of aliphatic hydroxyl groups excluding tert-OH is 1. The standard InChI is InChI=1S/C23H26N4O3S/c28-10-9-27(17-4-2-1-3-5-17)23(29)22-26-21-18-7-6-15(16-13-24-25-14-16)12-19(18)30-11-8-20(21)31-22/h6-7,12-14,17,28H,1-5,8-11H2,(H,24,25). The van der Waals surface area contributed by atoms with Crippen LogP contribution in [0.5, 0.6) is 5.75 Å². The van der Waals surface area contributed by atoms with Crippen molar-refractivity contribution in [3.8, 4) is 28.1 Å². The third kappa shape index (κ3) is 3.97. The third-order valence-electron chi connectivity index (χ3n) is 6.15. The predicted molar refractivity (Wildman–Crippen MR) is 119 cm³/mol. The average molecular weight is 439 g/mol. The number of thiazole rings is 1. The Labute approximate surface area is 185 Å². The van der Waals surface area contributed by atoms with E-state index in [1.165, 1.54) is 17.8 Å². The van der Waals surface area contributed by atoms with Crippen LogP contribution in [0.15, 0.2) is 30.6 Å². The lowest BCUT2D eigenvalue weighted by molar-refractivity contribution is 0.0585. The molecular weight excluding hydrogens is 412 g/mol. The minimum Gasteiger partial charge on any atom is -0.492 e. The normalized spacial score (nSPS) is 16.2. The predicted octanol–water partition coefficient (Wildman–Crippen LogP) is 3.90. The maximum absolute atomic E-state index is 13.4. The van der Waals surface area contributed by atoms with Crippen LogP contribution >= 0.6 is 11.3 Å². The van der Waals surface area contributed by atoms with Gasteiger partial charge in [0.25, 0.3) is 5.91 Å². The molecule has 0 unspecified atom stereocenters. The summed E-state index contributed by atoms with van der Waals surface area (Å²) in [6, 6.07) is 6.26. The van der Waals surface area contributed by atoms with E-state index in [9.17, 15) is 9.90 Å². The first-order chi connectivity index (χ1) is 15.2. The lowest BCUT2D eigenvalue weighted by Crippen LogP contribution is -2.43. The third-order valence-corrected chi connectivity index (χ3v) is 7.26. The molecule has 0 saturated heterocycles. The number of H-pyrrole nitrogens is 1. The smallest absolute Gasteiger partial charge is 0.283 e. The quantitative estimate of drug-likeness (QED) is 0.630. The van der Waals surface area contributed by atoms with Crippen LogP contribution in [0, 0.1) is 0 Å². The van der Waals surface area contributed by atoms with Crippen LogP contribution < -0.4 is 4.74 Å². The molecule has 7 nitrogen and oxygen atoms in total. The zero-order valence-corrected chi connectivity index (χ0v) is 18.2. The number of ether oxygens (including phenoxy) is 1. The summed E-state index contributed by atoms with van der Waals surface area (Å²) < 4.78 is 6.02. The highest BCUT2D eigenvalue weighted by molar-refractivity contribution is 7.14. The number of aromatic nitrogens is 3.